The minimum absolute atomic E-state index is 0.115. The largest absolute Gasteiger partial charge is 0.497 e. The predicted molar refractivity (Wildman–Crippen MR) is 87.4 cm³/mol. The molecule has 130 valence electrons. The highest BCUT2D eigenvalue weighted by atomic mass is 19.3. The van der Waals surface area contributed by atoms with E-state index in [0.717, 1.165) is 11.1 Å². The van der Waals surface area contributed by atoms with Gasteiger partial charge in [0.1, 0.15) is 11.5 Å². The second-order valence-corrected chi connectivity index (χ2v) is 5.37. The highest BCUT2D eigenvalue weighted by Gasteiger charge is 2.12. The standard InChI is InChI=1S/C18H21F2NO3/c1-12(13-5-3-8-16(9-13)24-18(19)20)21-11-17(22)14-6-4-7-15(10-14)23-2/h3-10,12,17-18,21-22H,11H2,1-2H3. The van der Waals surface area contributed by atoms with E-state index in [4.69, 9.17) is 4.74 Å². The molecule has 0 saturated carbocycles. The molecule has 0 spiro atoms. The van der Waals surface area contributed by atoms with Crippen molar-refractivity contribution in [1.29, 1.82) is 0 Å². The fourth-order valence-electron chi connectivity index (χ4n) is 2.33. The minimum atomic E-state index is -2.85. The zero-order valence-corrected chi connectivity index (χ0v) is 13.6. The van der Waals surface area contributed by atoms with Crippen molar-refractivity contribution in [3.63, 3.8) is 0 Å². The van der Waals surface area contributed by atoms with Crippen LogP contribution in [0.25, 0.3) is 0 Å². The molecule has 0 heterocycles. The number of hydrogen-bond acceptors (Lipinski definition) is 4. The molecular weight excluding hydrogens is 316 g/mol. The van der Waals surface area contributed by atoms with Crippen LogP contribution in [0.2, 0.25) is 0 Å². The highest BCUT2D eigenvalue weighted by molar-refractivity contribution is 5.31. The number of ether oxygens (including phenoxy) is 2. The van der Waals surface area contributed by atoms with Crippen molar-refractivity contribution in [2.45, 2.75) is 25.7 Å². The Morgan fingerprint density at radius 2 is 1.67 bits per heavy atom. The van der Waals surface area contributed by atoms with Crippen molar-refractivity contribution in [1.82, 2.24) is 5.32 Å². The average molecular weight is 337 g/mol. The van der Waals surface area contributed by atoms with Crippen molar-refractivity contribution in [2.75, 3.05) is 13.7 Å². The van der Waals surface area contributed by atoms with Crippen LogP contribution in [0.3, 0.4) is 0 Å². The molecule has 0 amide bonds. The average Bonchev–Trinajstić information content (AvgIpc) is 2.59. The van der Waals surface area contributed by atoms with Crippen molar-refractivity contribution in [3.05, 3.63) is 59.7 Å². The molecule has 2 aromatic rings. The van der Waals surface area contributed by atoms with Gasteiger partial charge in [0.15, 0.2) is 0 Å². The van der Waals surface area contributed by atoms with Gasteiger partial charge in [-0.15, -0.1) is 0 Å². The zero-order chi connectivity index (χ0) is 17.5. The second-order valence-electron chi connectivity index (χ2n) is 5.37. The van der Waals surface area contributed by atoms with Gasteiger partial charge in [0.25, 0.3) is 0 Å². The van der Waals surface area contributed by atoms with E-state index < -0.39 is 12.7 Å². The van der Waals surface area contributed by atoms with Crippen LogP contribution in [0.4, 0.5) is 8.78 Å². The maximum absolute atomic E-state index is 12.3. The highest BCUT2D eigenvalue weighted by Crippen LogP contribution is 2.22. The summed E-state index contributed by atoms with van der Waals surface area (Å²) in [6, 6.07) is 13.6. The molecule has 0 radical (unpaired) electrons. The number of benzene rings is 2. The lowest BCUT2D eigenvalue weighted by Gasteiger charge is -2.19. The fourth-order valence-corrected chi connectivity index (χ4v) is 2.33. The summed E-state index contributed by atoms with van der Waals surface area (Å²) in [6.07, 6.45) is -0.706. The number of halogens is 2. The Kier molecular flexibility index (Phi) is 6.52. The molecule has 0 bridgehead atoms. The van der Waals surface area contributed by atoms with Crippen molar-refractivity contribution >= 4 is 0 Å². The van der Waals surface area contributed by atoms with Crippen LogP contribution in [-0.2, 0) is 0 Å². The molecule has 0 aromatic heterocycles. The number of alkyl halides is 2. The van der Waals surface area contributed by atoms with Gasteiger partial charge in [0.05, 0.1) is 13.2 Å². The summed E-state index contributed by atoms with van der Waals surface area (Å²) in [6.45, 7) is -0.646. The maximum atomic E-state index is 12.3. The molecular formula is C18H21F2NO3. The zero-order valence-electron chi connectivity index (χ0n) is 13.6. The first-order valence-electron chi connectivity index (χ1n) is 7.59. The SMILES string of the molecule is COc1cccc(C(O)CNC(C)c2cccc(OC(F)F)c2)c1. The molecule has 0 fully saturated rings. The summed E-state index contributed by atoms with van der Waals surface area (Å²) in [5.41, 5.74) is 1.54. The fraction of sp³-hybridized carbons (Fsp3) is 0.333. The summed E-state index contributed by atoms with van der Waals surface area (Å²) >= 11 is 0. The molecule has 2 N–H and O–H groups in total. The van der Waals surface area contributed by atoms with Gasteiger partial charge in [-0.25, -0.2) is 0 Å². The maximum Gasteiger partial charge on any atom is 0.387 e. The Balaban J connectivity index is 1.95. The summed E-state index contributed by atoms with van der Waals surface area (Å²) in [5.74, 6) is 0.793. The Labute approximate surface area is 140 Å². The van der Waals surface area contributed by atoms with E-state index in [-0.39, 0.29) is 11.8 Å². The van der Waals surface area contributed by atoms with Crippen molar-refractivity contribution in [2.24, 2.45) is 0 Å². The second kappa shape index (κ2) is 8.61. The number of hydrogen-bond donors (Lipinski definition) is 2. The molecule has 2 aromatic carbocycles. The van der Waals surface area contributed by atoms with Gasteiger partial charge in [-0.3, -0.25) is 0 Å². The van der Waals surface area contributed by atoms with Crippen LogP contribution < -0.4 is 14.8 Å². The van der Waals surface area contributed by atoms with Gasteiger partial charge >= 0.3 is 6.61 Å². The Morgan fingerprint density at radius 1 is 1.04 bits per heavy atom. The number of methoxy groups -OCH3 is 1. The van der Waals surface area contributed by atoms with Crippen LogP contribution in [0.5, 0.6) is 11.5 Å². The molecule has 0 saturated heterocycles. The Morgan fingerprint density at radius 3 is 2.33 bits per heavy atom. The first-order valence-corrected chi connectivity index (χ1v) is 7.59. The van der Waals surface area contributed by atoms with E-state index in [0.29, 0.717) is 12.3 Å². The lowest BCUT2D eigenvalue weighted by molar-refractivity contribution is -0.0499. The van der Waals surface area contributed by atoms with Gasteiger partial charge < -0.3 is 19.9 Å². The normalized spacial score (nSPS) is 13.6. The van der Waals surface area contributed by atoms with Crippen molar-refractivity contribution < 1.29 is 23.4 Å². The number of aliphatic hydroxyl groups excluding tert-OH is 1. The molecule has 2 unspecified atom stereocenters. The van der Waals surface area contributed by atoms with Crippen LogP contribution >= 0.6 is 0 Å². The van der Waals surface area contributed by atoms with E-state index in [9.17, 15) is 13.9 Å². The number of aliphatic hydroxyl groups is 1. The summed E-state index contributed by atoms with van der Waals surface area (Å²) in [4.78, 5) is 0. The third-order valence-corrected chi connectivity index (χ3v) is 3.68. The first kappa shape index (κ1) is 18.2. The van der Waals surface area contributed by atoms with E-state index in [1.165, 1.54) is 6.07 Å². The molecule has 4 nitrogen and oxygen atoms in total. The Bertz CT molecular complexity index is 652. The molecule has 0 aliphatic heterocycles. The van der Waals surface area contributed by atoms with Gasteiger partial charge in [0.2, 0.25) is 0 Å². The molecule has 0 aliphatic carbocycles. The molecule has 2 rings (SSSR count). The quantitative estimate of drug-likeness (QED) is 0.771. The van der Waals surface area contributed by atoms with E-state index in [1.807, 2.05) is 25.1 Å². The third-order valence-electron chi connectivity index (χ3n) is 3.68. The molecule has 0 aliphatic rings. The van der Waals surface area contributed by atoms with Gasteiger partial charge in [0, 0.05) is 12.6 Å². The molecule has 6 heteroatoms. The Hall–Kier alpha value is -2.18. The van der Waals surface area contributed by atoms with Gasteiger partial charge in [-0.1, -0.05) is 24.3 Å². The van der Waals surface area contributed by atoms with Crippen LogP contribution in [-0.4, -0.2) is 25.4 Å². The van der Waals surface area contributed by atoms with E-state index in [2.05, 4.69) is 10.1 Å². The summed E-state index contributed by atoms with van der Waals surface area (Å²) in [5, 5.41) is 13.4. The first-order chi connectivity index (χ1) is 11.5. The number of rotatable bonds is 8. The van der Waals surface area contributed by atoms with Gasteiger partial charge in [-0.05, 0) is 42.3 Å². The smallest absolute Gasteiger partial charge is 0.387 e. The number of nitrogens with one attached hydrogen (secondary N) is 1. The topological polar surface area (TPSA) is 50.7 Å². The van der Waals surface area contributed by atoms with Crippen LogP contribution in [0, 0.1) is 0 Å². The lowest BCUT2D eigenvalue weighted by Crippen LogP contribution is -2.24. The lowest BCUT2D eigenvalue weighted by atomic mass is 10.1. The van der Waals surface area contributed by atoms with Crippen molar-refractivity contribution in [3.8, 4) is 11.5 Å². The molecule has 2 atom stereocenters. The predicted octanol–water partition coefficient (Wildman–Crippen LogP) is 3.68. The van der Waals surface area contributed by atoms with E-state index >= 15 is 0 Å². The summed E-state index contributed by atoms with van der Waals surface area (Å²) < 4.78 is 34.1. The summed E-state index contributed by atoms with van der Waals surface area (Å²) in [7, 11) is 1.57. The molecule has 24 heavy (non-hydrogen) atoms. The monoisotopic (exact) mass is 337 g/mol. The van der Waals surface area contributed by atoms with E-state index in [1.54, 1.807) is 31.4 Å². The third kappa shape index (κ3) is 5.18. The van der Waals surface area contributed by atoms with Crippen LogP contribution in [0.1, 0.15) is 30.2 Å². The van der Waals surface area contributed by atoms with Gasteiger partial charge in [-0.2, -0.15) is 8.78 Å². The van der Waals surface area contributed by atoms with Crippen LogP contribution in [0.15, 0.2) is 48.5 Å². The minimum Gasteiger partial charge on any atom is -0.497 e.